The number of nitrogens with zero attached hydrogens (tertiary/aromatic N) is 6. The molecule has 0 spiro atoms. The Hall–Kier alpha value is -4.50. The molecule has 0 saturated carbocycles. The molecule has 1 aromatic carbocycles. The number of imidazole rings is 1. The summed E-state index contributed by atoms with van der Waals surface area (Å²) in [6.45, 7) is 9.79. The van der Waals surface area contributed by atoms with Gasteiger partial charge in [0.15, 0.2) is 11.5 Å². The fourth-order valence-corrected chi connectivity index (χ4v) is 5.46. The van der Waals surface area contributed by atoms with E-state index in [2.05, 4.69) is 19.9 Å². The van der Waals surface area contributed by atoms with Gasteiger partial charge in [0.25, 0.3) is 0 Å². The Labute approximate surface area is 274 Å². The molecule has 0 aliphatic carbocycles. The molecule has 15 heteroatoms. The second-order valence-corrected chi connectivity index (χ2v) is 12.3. The summed E-state index contributed by atoms with van der Waals surface area (Å²) in [7, 11) is 1.35. The highest BCUT2D eigenvalue weighted by molar-refractivity contribution is 5.84. The highest BCUT2D eigenvalue weighted by atomic mass is 16.5. The number of hydrogen-bond donors (Lipinski definition) is 3. The van der Waals surface area contributed by atoms with Crippen molar-refractivity contribution in [3.63, 3.8) is 0 Å². The summed E-state index contributed by atoms with van der Waals surface area (Å²) in [4.78, 5) is 67.5. The third-order valence-electron chi connectivity index (χ3n) is 8.62. The van der Waals surface area contributed by atoms with Crippen molar-refractivity contribution in [1.29, 1.82) is 0 Å². The number of carbonyl (C=O) groups is 3. The number of hydrogen-bond acceptors (Lipinski definition) is 11. The average molecular weight is 654 g/mol. The van der Waals surface area contributed by atoms with Crippen LogP contribution in [0.25, 0.3) is 11.2 Å². The number of unbranched alkanes of at least 4 members (excludes halogenated alkanes) is 1. The number of nitrogens with one attached hydrogen (secondary N) is 1. The van der Waals surface area contributed by atoms with Gasteiger partial charge in [0, 0.05) is 45.8 Å². The van der Waals surface area contributed by atoms with Crippen molar-refractivity contribution in [3.8, 4) is 6.01 Å². The van der Waals surface area contributed by atoms with Gasteiger partial charge in [-0.3, -0.25) is 28.8 Å². The van der Waals surface area contributed by atoms with Crippen LogP contribution in [0.2, 0.25) is 0 Å². The zero-order valence-corrected chi connectivity index (χ0v) is 27.8. The van der Waals surface area contributed by atoms with Gasteiger partial charge in [0.1, 0.15) is 5.52 Å². The van der Waals surface area contributed by atoms with Crippen molar-refractivity contribution >= 4 is 34.8 Å². The zero-order chi connectivity index (χ0) is 34.1. The summed E-state index contributed by atoms with van der Waals surface area (Å²) >= 11 is 0. The van der Waals surface area contributed by atoms with Gasteiger partial charge in [-0.15, -0.1) is 0 Å². The van der Waals surface area contributed by atoms with E-state index in [0.29, 0.717) is 63.5 Å². The number of fused-ring (bicyclic) bond motifs is 1. The molecular formula is C32H47N9O6. The number of aromatic nitrogens is 4. The van der Waals surface area contributed by atoms with Crippen molar-refractivity contribution in [2.45, 2.75) is 65.1 Å². The van der Waals surface area contributed by atoms with Crippen LogP contribution in [-0.2, 0) is 38.6 Å². The van der Waals surface area contributed by atoms with Crippen LogP contribution in [0, 0.1) is 0 Å². The molecule has 4 rings (SSSR count). The molecular weight excluding hydrogens is 606 g/mol. The number of nitrogens with two attached hydrogens (primary N) is 2. The van der Waals surface area contributed by atoms with Crippen molar-refractivity contribution in [2.75, 3.05) is 58.7 Å². The number of piperazine rings is 1. The fraction of sp³-hybridized carbons (Fsp3) is 0.562. The molecule has 0 atom stereocenters. The molecule has 0 bridgehead atoms. The molecule has 1 fully saturated rings. The molecule has 2 aromatic heterocycles. The highest BCUT2D eigenvalue weighted by Crippen LogP contribution is 2.19. The molecule has 1 saturated heterocycles. The van der Waals surface area contributed by atoms with Crippen molar-refractivity contribution < 1.29 is 23.9 Å². The molecule has 256 valence electrons. The minimum atomic E-state index is -0.763. The molecule has 15 nitrogen and oxygen atoms in total. The van der Waals surface area contributed by atoms with Crippen molar-refractivity contribution in [2.24, 2.45) is 5.73 Å². The van der Waals surface area contributed by atoms with Crippen LogP contribution in [0.3, 0.4) is 0 Å². The normalized spacial score (nSPS) is 14.3. The first kappa shape index (κ1) is 35.4. The summed E-state index contributed by atoms with van der Waals surface area (Å²) in [6, 6.07) is 7.61. The molecule has 0 radical (unpaired) electrons. The lowest BCUT2D eigenvalue weighted by molar-refractivity contribution is -0.139. The SMILES string of the molecule is CCCCOc1nc(N)c2[nH]c(=O)n(CCCN(Cc3ccc(CC(=O)OC)cc3)C(=O)CN3CCN(C(C)(C)C(N)=O)CC3)c2n1. The second-order valence-electron chi connectivity index (χ2n) is 12.3. The van der Waals surface area contributed by atoms with Gasteiger partial charge in [-0.25, -0.2) is 4.79 Å². The van der Waals surface area contributed by atoms with Gasteiger partial charge in [-0.2, -0.15) is 9.97 Å². The number of aryl methyl sites for hydroxylation is 1. The lowest BCUT2D eigenvalue weighted by Gasteiger charge is -2.42. The predicted octanol–water partition coefficient (Wildman–Crippen LogP) is 0.897. The van der Waals surface area contributed by atoms with Gasteiger partial charge in [-0.1, -0.05) is 37.6 Å². The van der Waals surface area contributed by atoms with Crippen LogP contribution in [0.1, 0.15) is 51.2 Å². The summed E-state index contributed by atoms with van der Waals surface area (Å²) in [5.74, 6) is -0.637. The number of nitrogen functional groups attached to an aromatic ring is 1. The predicted molar refractivity (Wildman–Crippen MR) is 176 cm³/mol. The molecule has 0 unspecified atom stereocenters. The van der Waals surface area contributed by atoms with E-state index in [1.807, 2.05) is 49.9 Å². The lowest BCUT2D eigenvalue weighted by atomic mass is 10.0. The number of esters is 1. The van der Waals surface area contributed by atoms with Gasteiger partial charge in [-0.05, 0) is 37.8 Å². The molecule has 1 aliphatic rings. The van der Waals surface area contributed by atoms with Gasteiger partial charge in [0.05, 0.1) is 32.2 Å². The largest absolute Gasteiger partial charge is 0.469 e. The second kappa shape index (κ2) is 15.9. The summed E-state index contributed by atoms with van der Waals surface area (Å²) in [6.07, 6.45) is 2.41. The quantitative estimate of drug-likeness (QED) is 0.147. The van der Waals surface area contributed by atoms with Crippen LogP contribution in [-0.4, -0.2) is 111 Å². The van der Waals surface area contributed by atoms with E-state index in [-0.39, 0.29) is 54.8 Å². The zero-order valence-electron chi connectivity index (χ0n) is 27.8. The Morgan fingerprint density at radius 1 is 1.04 bits per heavy atom. The van der Waals surface area contributed by atoms with E-state index >= 15 is 0 Å². The van der Waals surface area contributed by atoms with Crippen LogP contribution in [0.5, 0.6) is 6.01 Å². The Morgan fingerprint density at radius 2 is 1.72 bits per heavy atom. The number of carbonyl (C=O) groups excluding carboxylic acids is 3. The monoisotopic (exact) mass is 653 g/mol. The van der Waals surface area contributed by atoms with E-state index in [4.69, 9.17) is 20.9 Å². The van der Waals surface area contributed by atoms with E-state index in [0.717, 1.165) is 24.0 Å². The smallest absolute Gasteiger partial charge is 0.327 e. The maximum absolute atomic E-state index is 13.7. The Morgan fingerprint density at radius 3 is 2.36 bits per heavy atom. The van der Waals surface area contributed by atoms with E-state index in [1.54, 1.807) is 4.90 Å². The molecule has 5 N–H and O–H groups in total. The third kappa shape index (κ3) is 9.07. The van der Waals surface area contributed by atoms with Crippen molar-refractivity contribution in [3.05, 3.63) is 45.9 Å². The number of ether oxygens (including phenoxy) is 2. The Bertz CT molecular complexity index is 1590. The first-order valence-corrected chi connectivity index (χ1v) is 16.0. The lowest BCUT2D eigenvalue weighted by Crippen LogP contribution is -2.60. The average Bonchev–Trinajstić information content (AvgIpc) is 3.36. The number of anilines is 1. The fourth-order valence-electron chi connectivity index (χ4n) is 5.46. The highest BCUT2D eigenvalue weighted by Gasteiger charge is 2.35. The van der Waals surface area contributed by atoms with E-state index in [1.165, 1.54) is 11.7 Å². The molecule has 2 amide bonds. The van der Waals surface area contributed by atoms with E-state index < -0.39 is 5.54 Å². The van der Waals surface area contributed by atoms with E-state index in [9.17, 15) is 19.2 Å². The summed E-state index contributed by atoms with van der Waals surface area (Å²) < 4.78 is 11.9. The minimum Gasteiger partial charge on any atom is -0.469 e. The number of primary amides is 1. The van der Waals surface area contributed by atoms with Gasteiger partial charge >= 0.3 is 17.7 Å². The van der Waals surface area contributed by atoms with Crippen LogP contribution < -0.4 is 21.9 Å². The third-order valence-corrected chi connectivity index (χ3v) is 8.62. The first-order valence-electron chi connectivity index (χ1n) is 16.0. The summed E-state index contributed by atoms with van der Waals surface area (Å²) in [5, 5.41) is 0. The van der Waals surface area contributed by atoms with Crippen LogP contribution in [0.4, 0.5) is 5.82 Å². The maximum Gasteiger partial charge on any atom is 0.327 e. The minimum absolute atomic E-state index is 0.0595. The summed E-state index contributed by atoms with van der Waals surface area (Å²) in [5.41, 5.74) is 13.0. The topological polar surface area (TPSA) is 195 Å². The Balaban J connectivity index is 1.46. The van der Waals surface area contributed by atoms with Crippen LogP contribution in [0.15, 0.2) is 29.1 Å². The first-order chi connectivity index (χ1) is 22.4. The molecule has 3 aromatic rings. The number of benzene rings is 1. The van der Waals surface area contributed by atoms with Crippen LogP contribution >= 0.6 is 0 Å². The Kier molecular flexibility index (Phi) is 11.9. The van der Waals surface area contributed by atoms with Gasteiger partial charge < -0.3 is 30.8 Å². The standard InChI is InChI=1S/C32H47N9O6/c1-5-6-18-47-30-36-27(33)26-28(37-30)41(31(45)35-26)13-7-12-39(20-23-10-8-22(9-11-23)19-25(43)46-4)24(42)21-38-14-16-40(17-15-38)32(2,3)29(34)44/h8-11H,5-7,12-21H2,1-4H3,(H2,34,44)(H,35,45)(H2,33,36,37). The van der Waals surface area contributed by atoms with Gasteiger partial charge in [0.2, 0.25) is 11.8 Å². The molecule has 3 heterocycles. The number of aromatic amines is 1. The molecule has 1 aliphatic heterocycles. The number of H-pyrrole nitrogens is 1. The number of rotatable bonds is 16. The number of methoxy groups -OCH3 is 1. The molecule has 47 heavy (non-hydrogen) atoms. The maximum atomic E-state index is 13.7. The number of amides is 2. The van der Waals surface area contributed by atoms with Crippen molar-refractivity contribution in [1.82, 2.24) is 34.2 Å².